The number of hydrogen-bond donors (Lipinski definition) is 0. The lowest BCUT2D eigenvalue weighted by molar-refractivity contribution is 0.0470. The minimum absolute atomic E-state index is 0.0388. The van der Waals surface area contributed by atoms with Gasteiger partial charge < -0.3 is 14.2 Å². The van der Waals surface area contributed by atoms with Crippen LogP contribution in [-0.4, -0.2) is 25.0 Å². The Bertz CT molecular complexity index is 1150. The summed E-state index contributed by atoms with van der Waals surface area (Å²) >= 11 is 0. The largest absolute Gasteiger partial charge is 0.486 e. The van der Waals surface area contributed by atoms with E-state index in [2.05, 4.69) is 0 Å². The Morgan fingerprint density at radius 1 is 0.900 bits per heavy atom. The van der Waals surface area contributed by atoms with E-state index in [9.17, 15) is 9.59 Å². The molecule has 0 aromatic heterocycles. The summed E-state index contributed by atoms with van der Waals surface area (Å²) in [6, 6.07) is 20.3. The van der Waals surface area contributed by atoms with Crippen LogP contribution >= 0.6 is 0 Å². The molecule has 1 heterocycles. The number of ketones is 1. The van der Waals surface area contributed by atoms with E-state index in [0.717, 1.165) is 5.56 Å². The molecule has 0 saturated heterocycles. The van der Waals surface area contributed by atoms with Gasteiger partial charge in [0.25, 0.3) is 0 Å². The Balaban J connectivity index is 1.53. The second-order valence-corrected chi connectivity index (χ2v) is 6.62. The van der Waals surface area contributed by atoms with Gasteiger partial charge in [-0.1, -0.05) is 30.3 Å². The topological polar surface area (TPSA) is 85.6 Å². The van der Waals surface area contributed by atoms with Gasteiger partial charge in [-0.05, 0) is 42.0 Å². The van der Waals surface area contributed by atoms with Gasteiger partial charge in [0, 0.05) is 11.1 Å². The predicted molar refractivity (Wildman–Crippen MR) is 108 cm³/mol. The quantitative estimate of drug-likeness (QED) is 0.478. The Morgan fingerprint density at radius 2 is 1.60 bits per heavy atom. The molecule has 3 aromatic carbocycles. The second-order valence-electron chi connectivity index (χ2n) is 6.62. The summed E-state index contributed by atoms with van der Waals surface area (Å²) in [5.41, 5.74) is 2.11. The first-order valence-electron chi connectivity index (χ1n) is 9.35. The first-order chi connectivity index (χ1) is 14.7. The summed E-state index contributed by atoms with van der Waals surface area (Å²) in [4.78, 5) is 25.7. The maximum Gasteiger partial charge on any atom is 0.339 e. The number of carbonyl (C=O) groups is 2. The molecule has 0 fully saturated rings. The Morgan fingerprint density at radius 3 is 2.33 bits per heavy atom. The van der Waals surface area contributed by atoms with Gasteiger partial charge in [-0.25, -0.2) is 4.79 Å². The molecule has 0 saturated carbocycles. The molecule has 0 atom stereocenters. The van der Waals surface area contributed by atoms with Crippen molar-refractivity contribution in [2.45, 2.75) is 6.61 Å². The monoisotopic (exact) mass is 399 g/mol. The van der Waals surface area contributed by atoms with Crippen LogP contribution in [0.15, 0.2) is 66.7 Å². The van der Waals surface area contributed by atoms with E-state index >= 15 is 0 Å². The molecule has 3 aromatic rings. The van der Waals surface area contributed by atoms with E-state index in [-0.39, 0.29) is 23.5 Å². The van der Waals surface area contributed by atoms with Crippen LogP contribution in [0.1, 0.15) is 37.4 Å². The minimum Gasteiger partial charge on any atom is -0.486 e. The fourth-order valence-electron chi connectivity index (χ4n) is 3.10. The summed E-state index contributed by atoms with van der Waals surface area (Å²) in [6.07, 6.45) is 0. The number of hydrogen-bond acceptors (Lipinski definition) is 6. The molecule has 0 amide bonds. The van der Waals surface area contributed by atoms with Crippen LogP contribution in [0.25, 0.3) is 0 Å². The van der Waals surface area contributed by atoms with E-state index < -0.39 is 5.97 Å². The maximum absolute atomic E-state index is 13.1. The lowest BCUT2D eigenvalue weighted by atomic mass is 9.98. The number of ether oxygens (including phenoxy) is 3. The molecule has 148 valence electrons. The molecular weight excluding hydrogens is 382 g/mol. The van der Waals surface area contributed by atoms with Crippen molar-refractivity contribution in [3.63, 3.8) is 0 Å². The van der Waals surface area contributed by atoms with Gasteiger partial charge in [0.2, 0.25) is 0 Å². The van der Waals surface area contributed by atoms with Crippen molar-refractivity contribution in [3.8, 4) is 17.6 Å². The van der Waals surface area contributed by atoms with Crippen LogP contribution in [0.2, 0.25) is 0 Å². The predicted octanol–water partition coefficient (Wildman–Crippen LogP) is 3.92. The highest BCUT2D eigenvalue weighted by molar-refractivity contribution is 6.14. The highest BCUT2D eigenvalue weighted by atomic mass is 16.6. The average Bonchev–Trinajstić information content (AvgIpc) is 2.82. The zero-order valence-electron chi connectivity index (χ0n) is 16.0. The first-order valence-corrected chi connectivity index (χ1v) is 9.35. The van der Waals surface area contributed by atoms with E-state index in [0.29, 0.717) is 35.8 Å². The highest BCUT2D eigenvalue weighted by Crippen LogP contribution is 2.31. The number of fused-ring (bicyclic) bond motifs is 1. The van der Waals surface area contributed by atoms with Crippen LogP contribution in [0.5, 0.6) is 11.5 Å². The lowest BCUT2D eigenvalue weighted by Gasteiger charge is -2.18. The number of carbonyl (C=O) groups excluding carboxylic acids is 2. The summed E-state index contributed by atoms with van der Waals surface area (Å²) in [7, 11) is 0. The number of nitrogens with zero attached hydrogens (tertiary/aromatic N) is 1. The summed E-state index contributed by atoms with van der Waals surface area (Å²) in [5, 5.41) is 8.86. The zero-order valence-corrected chi connectivity index (χ0v) is 16.0. The van der Waals surface area contributed by atoms with Gasteiger partial charge in [-0.15, -0.1) is 0 Å². The second kappa shape index (κ2) is 8.50. The first kappa shape index (κ1) is 19.2. The molecule has 6 nitrogen and oxygen atoms in total. The smallest absolute Gasteiger partial charge is 0.339 e. The number of esters is 1. The van der Waals surface area contributed by atoms with Gasteiger partial charge in [0.1, 0.15) is 19.8 Å². The molecule has 0 unspecified atom stereocenters. The molecule has 1 aliphatic heterocycles. The molecule has 6 heteroatoms. The maximum atomic E-state index is 13.1. The zero-order chi connectivity index (χ0) is 20.9. The molecule has 1 aliphatic rings. The van der Waals surface area contributed by atoms with Crippen molar-refractivity contribution in [2.24, 2.45) is 0 Å². The van der Waals surface area contributed by atoms with Crippen LogP contribution in [-0.2, 0) is 11.3 Å². The van der Waals surface area contributed by atoms with Gasteiger partial charge >= 0.3 is 5.97 Å². The van der Waals surface area contributed by atoms with Crippen molar-refractivity contribution in [3.05, 3.63) is 94.5 Å². The van der Waals surface area contributed by atoms with Crippen LogP contribution in [0.4, 0.5) is 0 Å². The van der Waals surface area contributed by atoms with Crippen molar-refractivity contribution >= 4 is 11.8 Å². The molecule has 30 heavy (non-hydrogen) atoms. The fourth-order valence-corrected chi connectivity index (χ4v) is 3.10. The summed E-state index contributed by atoms with van der Waals surface area (Å²) in [6.45, 7) is 0.925. The van der Waals surface area contributed by atoms with Gasteiger partial charge in [-0.2, -0.15) is 5.26 Å². The van der Waals surface area contributed by atoms with E-state index in [1.807, 2.05) is 6.07 Å². The minimum atomic E-state index is -0.596. The molecular formula is C24H17NO5. The average molecular weight is 399 g/mol. The van der Waals surface area contributed by atoms with E-state index in [4.69, 9.17) is 19.5 Å². The molecule has 0 radical (unpaired) electrons. The van der Waals surface area contributed by atoms with E-state index in [1.54, 1.807) is 66.7 Å². The number of nitriles is 1. The standard InChI is InChI=1S/C24H17NO5/c25-14-16-5-7-17(8-6-16)15-30-24(27)20-4-2-1-3-19(20)23(26)18-9-10-21-22(13-18)29-12-11-28-21/h1-10,13H,11-12,15H2. The summed E-state index contributed by atoms with van der Waals surface area (Å²) < 4.78 is 16.4. The Labute approximate surface area is 173 Å². The molecule has 0 bridgehead atoms. The van der Waals surface area contributed by atoms with Gasteiger partial charge in [0.15, 0.2) is 17.3 Å². The molecule has 0 spiro atoms. The SMILES string of the molecule is N#Cc1ccc(COC(=O)c2ccccc2C(=O)c2ccc3c(c2)OCCO3)cc1. The molecule has 4 rings (SSSR count). The third kappa shape index (κ3) is 4.01. The number of rotatable bonds is 5. The number of benzene rings is 3. The Kier molecular flexibility index (Phi) is 5.44. The van der Waals surface area contributed by atoms with Gasteiger partial charge in [0.05, 0.1) is 17.2 Å². The summed E-state index contributed by atoms with van der Waals surface area (Å²) in [5.74, 6) is 0.194. The molecule has 0 aliphatic carbocycles. The fraction of sp³-hybridized carbons (Fsp3) is 0.125. The van der Waals surface area contributed by atoms with E-state index in [1.165, 1.54) is 0 Å². The Hall–Kier alpha value is -4.11. The van der Waals surface area contributed by atoms with Gasteiger partial charge in [-0.3, -0.25) is 4.79 Å². The third-order valence-electron chi connectivity index (χ3n) is 4.65. The van der Waals surface area contributed by atoms with Crippen LogP contribution in [0, 0.1) is 11.3 Å². The van der Waals surface area contributed by atoms with Crippen molar-refractivity contribution < 1.29 is 23.8 Å². The van der Waals surface area contributed by atoms with Crippen molar-refractivity contribution in [1.29, 1.82) is 5.26 Å². The third-order valence-corrected chi connectivity index (χ3v) is 4.65. The van der Waals surface area contributed by atoms with Crippen molar-refractivity contribution in [2.75, 3.05) is 13.2 Å². The normalized spacial score (nSPS) is 12.0. The lowest BCUT2D eigenvalue weighted by Crippen LogP contribution is -2.16. The van der Waals surface area contributed by atoms with Crippen LogP contribution < -0.4 is 9.47 Å². The van der Waals surface area contributed by atoms with Crippen LogP contribution in [0.3, 0.4) is 0 Å². The highest BCUT2D eigenvalue weighted by Gasteiger charge is 2.21. The van der Waals surface area contributed by atoms with Crippen molar-refractivity contribution in [1.82, 2.24) is 0 Å². The molecule has 0 N–H and O–H groups in total.